The van der Waals surface area contributed by atoms with Crippen LogP contribution in [0.15, 0.2) is 102 Å². The molecular formula is C24H18N2O2. The molecule has 0 amide bonds. The lowest BCUT2D eigenvalue weighted by molar-refractivity contribution is 0.193. The third kappa shape index (κ3) is 2.80. The summed E-state index contributed by atoms with van der Waals surface area (Å²) in [5.74, 6) is 0.528. The second kappa shape index (κ2) is 6.83. The Balaban J connectivity index is 1.68. The van der Waals surface area contributed by atoms with Crippen LogP contribution in [0.4, 0.5) is 0 Å². The van der Waals surface area contributed by atoms with Crippen LogP contribution in [0.3, 0.4) is 0 Å². The third-order valence-electron chi connectivity index (χ3n) is 4.88. The first-order chi connectivity index (χ1) is 13.8. The van der Waals surface area contributed by atoms with Gasteiger partial charge in [-0.25, -0.2) is 4.68 Å². The molecule has 1 N–H and O–H groups in total. The van der Waals surface area contributed by atoms with Crippen molar-refractivity contribution in [2.45, 2.75) is 6.10 Å². The van der Waals surface area contributed by atoms with E-state index in [0.29, 0.717) is 5.76 Å². The van der Waals surface area contributed by atoms with Crippen molar-refractivity contribution >= 4 is 11.0 Å². The van der Waals surface area contributed by atoms with Crippen molar-refractivity contribution in [3.8, 4) is 16.8 Å². The minimum absolute atomic E-state index is 0.528. The summed E-state index contributed by atoms with van der Waals surface area (Å²) in [5, 5.41) is 16.5. The van der Waals surface area contributed by atoms with Gasteiger partial charge in [-0.2, -0.15) is 5.10 Å². The van der Waals surface area contributed by atoms with Crippen molar-refractivity contribution in [3.05, 3.63) is 109 Å². The van der Waals surface area contributed by atoms with Crippen LogP contribution < -0.4 is 0 Å². The van der Waals surface area contributed by atoms with E-state index in [2.05, 4.69) is 5.10 Å². The van der Waals surface area contributed by atoms with Crippen molar-refractivity contribution in [1.29, 1.82) is 0 Å². The molecule has 0 unspecified atom stereocenters. The van der Waals surface area contributed by atoms with E-state index in [9.17, 15) is 5.11 Å². The molecule has 0 fully saturated rings. The highest BCUT2D eigenvalue weighted by molar-refractivity contribution is 5.95. The summed E-state index contributed by atoms with van der Waals surface area (Å²) >= 11 is 0. The zero-order valence-electron chi connectivity index (χ0n) is 15.1. The topological polar surface area (TPSA) is 51.2 Å². The number of hydrogen-bond acceptors (Lipinski definition) is 3. The molecule has 0 spiro atoms. The van der Waals surface area contributed by atoms with Crippen LogP contribution in [0, 0.1) is 0 Å². The maximum absolute atomic E-state index is 11.0. The maximum atomic E-state index is 11.0. The first-order valence-corrected chi connectivity index (χ1v) is 9.16. The van der Waals surface area contributed by atoms with E-state index in [1.807, 2.05) is 102 Å². The van der Waals surface area contributed by atoms with Gasteiger partial charge in [-0.05, 0) is 23.8 Å². The van der Waals surface area contributed by atoms with Gasteiger partial charge in [-0.3, -0.25) is 0 Å². The Morgan fingerprint density at radius 2 is 1.50 bits per heavy atom. The van der Waals surface area contributed by atoms with Crippen molar-refractivity contribution in [2.75, 3.05) is 0 Å². The first-order valence-electron chi connectivity index (χ1n) is 9.16. The number of furan rings is 1. The highest BCUT2D eigenvalue weighted by Gasteiger charge is 2.24. The summed E-state index contributed by atoms with van der Waals surface area (Å²) in [6.45, 7) is 0. The van der Waals surface area contributed by atoms with E-state index in [-0.39, 0.29) is 0 Å². The number of para-hydroxylation sites is 2. The number of benzene rings is 3. The quantitative estimate of drug-likeness (QED) is 0.465. The summed E-state index contributed by atoms with van der Waals surface area (Å²) in [6.07, 6.45) is 2.92. The normalized spacial score (nSPS) is 12.3. The Morgan fingerprint density at radius 3 is 2.29 bits per heavy atom. The first kappa shape index (κ1) is 16.5. The maximum Gasteiger partial charge on any atom is 0.146 e. The van der Waals surface area contributed by atoms with Crippen LogP contribution in [0.5, 0.6) is 0 Å². The summed E-state index contributed by atoms with van der Waals surface area (Å²) in [6, 6.07) is 27.3. The van der Waals surface area contributed by atoms with Gasteiger partial charge in [0.2, 0.25) is 0 Å². The fraction of sp³-hybridized carbons (Fsp3) is 0.0417. The molecule has 5 aromatic rings. The number of fused-ring (bicyclic) bond motifs is 1. The van der Waals surface area contributed by atoms with Gasteiger partial charge in [0.1, 0.15) is 17.4 Å². The van der Waals surface area contributed by atoms with E-state index in [4.69, 9.17) is 4.42 Å². The van der Waals surface area contributed by atoms with E-state index < -0.39 is 6.10 Å². The second-order valence-electron chi connectivity index (χ2n) is 6.66. The van der Waals surface area contributed by atoms with Gasteiger partial charge in [-0.15, -0.1) is 0 Å². The van der Waals surface area contributed by atoms with Gasteiger partial charge in [0.15, 0.2) is 0 Å². The number of aromatic nitrogens is 2. The molecule has 0 aliphatic heterocycles. The minimum Gasteiger partial charge on any atom is -0.457 e. The molecule has 0 radical (unpaired) electrons. The molecular weight excluding hydrogens is 348 g/mol. The van der Waals surface area contributed by atoms with Crippen LogP contribution >= 0.6 is 0 Å². The lowest BCUT2D eigenvalue weighted by Gasteiger charge is -2.10. The van der Waals surface area contributed by atoms with E-state index in [0.717, 1.165) is 33.3 Å². The number of rotatable bonds is 4. The highest BCUT2D eigenvalue weighted by atomic mass is 16.4. The highest BCUT2D eigenvalue weighted by Crippen LogP contribution is 2.40. The summed E-state index contributed by atoms with van der Waals surface area (Å²) in [5.41, 5.74) is 4.29. The minimum atomic E-state index is -0.858. The fourth-order valence-corrected chi connectivity index (χ4v) is 3.52. The molecule has 2 heterocycles. The number of aliphatic hydroxyl groups excluding tert-OH is 1. The lowest BCUT2D eigenvalue weighted by atomic mass is 9.99. The van der Waals surface area contributed by atoms with Gasteiger partial charge in [0.05, 0.1) is 11.9 Å². The number of nitrogens with zero attached hydrogens (tertiary/aromatic N) is 2. The Bertz CT molecular complexity index is 1220. The van der Waals surface area contributed by atoms with Gasteiger partial charge < -0.3 is 9.52 Å². The molecule has 0 saturated heterocycles. The van der Waals surface area contributed by atoms with Gasteiger partial charge >= 0.3 is 0 Å². The fourth-order valence-electron chi connectivity index (χ4n) is 3.52. The van der Waals surface area contributed by atoms with Crippen molar-refractivity contribution < 1.29 is 9.52 Å². The van der Waals surface area contributed by atoms with Crippen LogP contribution in [0.25, 0.3) is 27.8 Å². The van der Waals surface area contributed by atoms with Crippen LogP contribution in [0.2, 0.25) is 0 Å². The molecule has 2 aromatic heterocycles. The average molecular weight is 366 g/mol. The van der Waals surface area contributed by atoms with Crippen LogP contribution in [0.1, 0.15) is 17.4 Å². The molecule has 0 aliphatic rings. The number of hydrogen-bond donors (Lipinski definition) is 1. The third-order valence-corrected chi connectivity index (χ3v) is 4.88. The molecule has 0 saturated carbocycles. The summed E-state index contributed by atoms with van der Waals surface area (Å²) in [7, 11) is 0. The van der Waals surface area contributed by atoms with Crippen molar-refractivity contribution in [1.82, 2.24) is 9.78 Å². The molecule has 4 heteroatoms. The van der Waals surface area contributed by atoms with Crippen molar-refractivity contribution in [3.63, 3.8) is 0 Å². The molecule has 1 atom stereocenters. The monoisotopic (exact) mass is 366 g/mol. The predicted molar refractivity (Wildman–Crippen MR) is 109 cm³/mol. The lowest BCUT2D eigenvalue weighted by Crippen LogP contribution is -1.99. The summed E-state index contributed by atoms with van der Waals surface area (Å²) in [4.78, 5) is 0. The zero-order valence-corrected chi connectivity index (χ0v) is 15.1. The molecule has 4 nitrogen and oxygen atoms in total. The average Bonchev–Trinajstić information content (AvgIpc) is 3.39. The van der Waals surface area contributed by atoms with E-state index in [1.54, 1.807) is 0 Å². The largest absolute Gasteiger partial charge is 0.457 e. The van der Waals surface area contributed by atoms with Gasteiger partial charge in [0, 0.05) is 22.7 Å². The Hall–Kier alpha value is -3.63. The molecule has 5 rings (SSSR count). The molecule has 0 bridgehead atoms. The molecule has 0 aliphatic carbocycles. The second-order valence-corrected chi connectivity index (χ2v) is 6.66. The van der Waals surface area contributed by atoms with E-state index in [1.165, 1.54) is 0 Å². The Labute approximate surface area is 162 Å². The zero-order chi connectivity index (χ0) is 18.9. The smallest absolute Gasteiger partial charge is 0.146 e. The van der Waals surface area contributed by atoms with Crippen LogP contribution in [-0.4, -0.2) is 14.9 Å². The molecule has 136 valence electrons. The standard InChI is InChI=1S/C24H18N2O2/c27-23(17-9-3-1-4-10-17)24-22(20-13-7-8-14-21(20)28-24)18-15-25-26(16-18)19-11-5-2-6-12-19/h1-16,23,27H/t23-/m0/s1. The number of aliphatic hydroxyl groups is 1. The molecule has 3 aromatic carbocycles. The van der Waals surface area contributed by atoms with Gasteiger partial charge in [-0.1, -0.05) is 66.7 Å². The predicted octanol–water partition coefficient (Wildman–Crippen LogP) is 5.37. The van der Waals surface area contributed by atoms with Crippen LogP contribution in [-0.2, 0) is 0 Å². The Kier molecular flexibility index (Phi) is 4.04. The molecule has 28 heavy (non-hydrogen) atoms. The Morgan fingerprint density at radius 1 is 0.821 bits per heavy atom. The van der Waals surface area contributed by atoms with E-state index >= 15 is 0 Å². The van der Waals surface area contributed by atoms with Crippen molar-refractivity contribution in [2.24, 2.45) is 0 Å². The summed E-state index contributed by atoms with van der Waals surface area (Å²) < 4.78 is 7.93. The SMILES string of the molecule is O[C@@H](c1ccccc1)c1oc2ccccc2c1-c1cnn(-c2ccccc2)c1. The van der Waals surface area contributed by atoms with Gasteiger partial charge in [0.25, 0.3) is 0 Å².